The second-order valence-corrected chi connectivity index (χ2v) is 5.01. The number of halogens is 1. The quantitative estimate of drug-likeness (QED) is 0.750. The molecule has 3 rings (SSSR count). The first-order valence-electron chi connectivity index (χ1n) is 6.40. The summed E-state index contributed by atoms with van der Waals surface area (Å²) in [6, 6.07) is 6.69. The molecule has 2 aliphatic heterocycles. The van der Waals surface area contributed by atoms with Crippen molar-refractivity contribution in [1.82, 2.24) is 4.90 Å². The largest absolute Gasteiger partial charge is 0.464 e. The van der Waals surface area contributed by atoms with E-state index in [0.717, 1.165) is 31.5 Å². The molecule has 18 heavy (non-hydrogen) atoms. The van der Waals surface area contributed by atoms with Crippen LogP contribution in [0.4, 0.5) is 4.39 Å². The SMILES string of the molecule is O=C1OCCC1N1CCC(c2cccc(F)c2)C1. The summed E-state index contributed by atoms with van der Waals surface area (Å²) in [6.07, 6.45) is 1.77. The smallest absolute Gasteiger partial charge is 0.323 e. The summed E-state index contributed by atoms with van der Waals surface area (Å²) in [6.45, 7) is 2.24. The van der Waals surface area contributed by atoms with E-state index in [0.29, 0.717) is 12.5 Å². The van der Waals surface area contributed by atoms with Crippen LogP contribution >= 0.6 is 0 Å². The van der Waals surface area contributed by atoms with Crippen molar-refractivity contribution < 1.29 is 13.9 Å². The third kappa shape index (κ3) is 2.12. The van der Waals surface area contributed by atoms with Crippen molar-refractivity contribution >= 4 is 5.97 Å². The van der Waals surface area contributed by atoms with E-state index in [1.807, 2.05) is 6.07 Å². The van der Waals surface area contributed by atoms with Crippen LogP contribution in [-0.2, 0) is 9.53 Å². The van der Waals surface area contributed by atoms with E-state index >= 15 is 0 Å². The summed E-state index contributed by atoms with van der Waals surface area (Å²) < 4.78 is 18.2. The average molecular weight is 249 g/mol. The first-order valence-corrected chi connectivity index (χ1v) is 6.40. The number of benzene rings is 1. The predicted molar refractivity (Wildman–Crippen MR) is 64.7 cm³/mol. The van der Waals surface area contributed by atoms with Gasteiger partial charge in [0.05, 0.1) is 6.61 Å². The number of rotatable bonds is 2. The fourth-order valence-corrected chi connectivity index (χ4v) is 2.92. The van der Waals surface area contributed by atoms with Gasteiger partial charge >= 0.3 is 5.97 Å². The molecular weight excluding hydrogens is 233 g/mol. The molecule has 2 atom stereocenters. The van der Waals surface area contributed by atoms with Gasteiger partial charge in [0.15, 0.2) is 0 Å². The van der Waals surface area contributed by atoms with E-state index in [4.69, 9.17) is 4.74 Å². The first kappa shape index (κ1) is 11.7. The van der Waals surface area contributed by atoms with E-state index in [9.17, 15) is 9.18 Å². The highest BCUT2D eigenvalue weighted by Gasteiger charge is 2.36. The summed E-state index contributed by atoms with van der Waals surface area (Å²) in [5, 5.41) is 0. The minimum Gasteiger partial charge on any atom is -0.464 e. The minimum atomic E-state index is -0.189. The second kappa shape index (κ2) is 4.69. The lowest BCUT2D eigenvalue weighted by Crippen LogP contribution is -2.36. The van der Waals surface area contributed by atoms with Gasteiger partial charge in [0.25, 0.3) is 0 Å². The van der Waals surface area contributed by atoms with Gasteiger partial charge in [-0.15, -0.1) is 0 Å². The molecule has 2 aliphatic rings. The van der Waals surface area contributed by atoms with Gasteiger partial charge in [0.1, 0.15) is 11.9 Å². The number of carbonyl (C=O) groups excluding carboxylic acids is 1. The molecule has 3 nitrogen and oxygen atoms in total. The standard InChI is InChI=1S/C14H16FNO2/c15-12-3-1-2-10(8-12)11-4-6-16(9-11)13-5-7-18-14(13)17/h1-3,8,11,13H,4-7,9H2. The molecule has 2 unspecified atom stereocenters. The molecule has 0 aromatic heterocycles. The van der Waals surface area contributed by atoms with Crippen LogP contribution in [0.25, 0.3) is 0 Å². The molecular formula is C14H16FNO2. The summed E-state index contributed by atoms with van der Waals surface area (Å²) in [5.41, 5.74) is 1.03. The van der Waals surface area contributed by atoms with Crippen molar-refractivity contribution in [2.75, 3.05) is 19.7 Å². The number of hydrogen-bond acceptors (Lipinski definition) is 3. The highest BCUT2D eigenvalue weighted by atomic mass is 19.1. The average Bonchev–Trinajstić information content (AvgIpc) is 2.97. The zero-order valence-corrected chi connectivity index (χ0v) is 10.1. The van der Waals surface area contributed by atoms with Crippen molar-refractivity contribution in [1.29, 1.82) is 0 Å². The van der Waals surface area contributed by atoms with Gasteiger partial charge in [-0.1, -0.05) is 12.1 Å². The van der Waals surface area contributed by atoms with Gasteiger partial charge in [-0.25, -0.2) is 4.39 Å². The number of cyclic esters (lactones) is 1. The molecule has 0 saturated carbocycles. The van der Waals surface area contributed by atoms with Crippen molar-refractivity contribution in [3.63, 3.8) is 0 Å². The zero-order chi connectivity index (χ0) is 12.5. The topological polar surface area (TPSA) is 29.5 Å². The normalized spacial score (nSPS) is 28.6. The molecule has 0 aliphatic carbocycles. The second-order valence-electron chi connectivity index (χ2n) is 5.01. The van der Waals surface area contributed by atoms with Crippen LogP contribution in [0.2, 0.25) is 0 Å². The van der Waals surface area contributed by atoms with E-state index < -0.39 is 0 Å². The summed E-state index contributed by atoms with van der Waals surface area (Å²) in [4.78, 5) is 13.7. The molecule has 0 N–H and O–H groups in total. The monoisotopic (exact) mass is 249 g/mol. The molecule has 96 valence electrons. The maximum atomic E-state index is 13.2. The van der Waals surface area contributed by atoms with Gasteiger partial charge in [0.2, 0.25) is 0 Å². The third-order valence-corrected chi connectivity index (χ3v) is 3.89. The summed E-state index contributed by atoms with van der Waals surface area (Å²) in [7, 11) is 0. The Balaban J connectivity index is 1.70. The Morgan fingerprint density at radius 3 is 2.94 bits per heavy atom. The van der Waals surface area contributed by atoms with Crippen LogP contribution in [0.15, 0.2) is 24.3 Å². The molecule has 2 fully saturated rings. The van der Waals surface area contributed by atoms with Crippen molar-refractivity contribution in [2.24, 2.45) is 0 Å². The lowest BCUT2D eigenvalue weighted by Gasteiger charge is -2.20. The van der Waals surface area contributed by atoms with Crippen molar-refractivity contribution in [3.05, 3.63) is 35.6 Å². The van der Waals surface area contributed by atoms with E-state index in [1.165, 1.54) is 6.07 Å². The summed E-state index contributed by atoms with van der Waals surface area (Å²) in [5.74, 6) is 0.0372. The number of likely N-dealkylation sites (tertiary alicyclic amines) is 1. The van der Waals surface area contributed by atoms with Crippen LogP contribution in [-0.4, -0.2) is 36.6 Å². The van der Waals surface area contributed by atoms with E-state index in [-0.39, 0.29) is 17.8 Å². The Morgan fingerprint density at radius 2 is 2.22 bits per heavy atom. The maximum absolute atomic E-state index is 13.2. The molecule has 2 heterocycles. The highest BCUT2D eigenvalue weighted by molar-refractivity contribution is 5.77. The third-order valence-electron chi connectivity index (χ3n) is 3.89. The summed E-state index contributed by atoms with van der Waals surface area (Å²) >= 11 is 0. The molecule has 0 spiro atoms. The van der Waals surface area contributed by atoms with Gasteiger partial charge in [-0.2, -0.15) is 0 Å². The maximum Gasteiger partial charge on any atom is 0.323 e. The lowest BCUT2D eigenvalue weighted by molar-refractivity contribution is -0.142. The first-order chi connectivity index (χ1) is 8.74. The molecule has 2 saturated heterocycles. The Bertz CT molecular complexity index is 463. The molecule has 0 bridgehead atoms. The Kier molecular flexibility index (Phi) is 3.04. The molecule has 1 aromatic rings. The van der Waals surface area contributed by atoms with Crippen LogP contribution in [0.1, 0.15) is 24.3 Å². The lowest BCUT2D eigenvalue weighted by atomic mass is 9.98. The number of nitrogens with zero attached hydrogens (tertiary/aromatic N) is 1. The molecule has 4 heteroatoms. The highest BCUT2D eigenvalue weighted by Crippen LogP contribution is 2.30. The number of esters is 1. The number of carbonyl (C=O) groups is 1. The van der Waals surface area contributed by atoms with Crippen LogP contribution in [0.3, 0.4) is 0 Å². The van der Waals surface area contributed by atoms with Crippen LogP contribution < -0.4 is 0 Å². The number of ether oxygens (including phenoxy) is 1. The van der Waals surface area contributed by atoms with Crippen molar-refractivity contribution in [3.8, 4) is 0 Å². The Labute approximate surface area is 106 Å². The van der Waals surface area contributed by atoms with Crippen LogP contribution in [0.5, 0.6) is 0 Å². The molecule has 1 aromatic carbocycles. The Hall–Kier alpha value is -1.42. The van der Waals surface area contributed by atoms with E-state index in [2.05, 4.69) is 4.90 Å². The van der Waals surface area contributed by atoms with E-state index in [1.54, 1.807) is 12.1 Å². The fourth-order valence-electron chi connectivity index (χ4n) is 2.92. The predicted octanol–water partition coefficient (Wildman–Crippen LogP) is 1.93. The molecule has 0 amide bonds. The zero-order valence-electron chi connectivity index (χ0n) is 10.1. The van der Waals surface area contributed by atoms with Gasteiger partial charge < -0.3 is 4.74 Å². The number of hydrogen-bond donors (Lipinski definition) is 0. The van der Waals surface area contributed by atoms with Crippen molar-refractivity contribution in [2.45, 2.75) is 24.8 Å². The van der Waals surface area contributed by atoms with Gasteiger partial charge in [-0.05, 0) is 36.6 Å². The Morgan fingerprint density at radius 1 is 1.33 bits per heavy atom. The van der Waals surface area contributed by atoms with Gasteiger partial charge in [-0.3, -0.25) is 9.69 Å². The molecule has 0 radical (unpaired) electrons. The fraction of sp³-hybridized carbons (Fsp3) is 0.500. The van der Waals surface area contributed by atoms with Crippen LogP contribution in [0, 0.1) is 5.82 Å². The minimum absolute atomic E-state index is 0.0800. The van der Waals surface area contributed by atoms with Gasteiger partial charge in [0, 0.05) is 13.0 Å².